The van der Waals surface area contributed by atoms with Gasteiger partial charge >= 0.3 is 0 Å². The molecule has 4 rings (SSSR count). The lowest BCUT2D eigenvalue weighted by atomic mass is 9.93. The van der Waals surface area contributed by atoms with E-state index < -0.39 is 0 Å². The molecule has 0 unspecified atom stereocenters. The van der Waals surface area contributed by atoms with Crippen LogP contribution < -0.4 is 10.2 Å². The van der Waals surface area contributed by atoms with Crippen LogP contribution in [0.1, 0.15) is 44.1 Å². The summed E-state index contributed by atoms with van der Waals surface area (Å²) in [5, 5.41) is 2.79. The second kappa shape index (κ2) is 6.10. The molecule has 0 radical (unpaired) electrons. The minimum absolute atomic E-state index is 0.925. The number of fused-ring (bicyclic) bond motifs is 2. The van der Waals surface area contributed by atoms with E-state index in [2.05, 4.69) is 35.6 Å². The third-order valence-electron chi connectivity index (χ3n) is 6.35. The van der Waals surface area contributed by atoms with Crippen LogP contribution in [0.4, 0.5) is 0 Å². The van der Waals surface area contributed by atoms with Gasteiger partial charge in [-0.05, 0) is 25.2 Å². The molecule has 0 amide bonds. The van der Waals surface area contributed by atoms with Crippen molar-refractivity contribution in [3.05, 3.63) is 35.9 Å². The van der Waals surface area contributed by atoms with Crippen molar-refractivity contribution in [2.45, 2.75) is 57.2 Å². The summed E-state index contributed by atoms with van der Waals surface area (Å²) in [4.78, 5) is 1.79. The summed E-state index contributed by atoms with van der Waals surface area (Å²) in [6, 6.07) is 12.9. The van der Waals surface area contributed by atoms with Gasteiger partial charge in [0.15, 0.2) is 0 Å². The zero-order valence-electron chi connectivity index (χ0n) is 13.1. The maximum atomic E-state index is 2.79. The van der Waals surface area contributed by atoms with E-state index in [1.165, 1.54) is 57.3 Å². The first-order chi connectivity index (χ1) is 10.4. The number of likely N-dealkylation sites (tertiary alicyclic amines) is 1. The van der Waals surface area contributed by atoms with Gasteiger partial charge in [0.2, 0.25) is 0 Å². The monoisotopic (exact) mass is 286 g/mol. The van der Waals surface area contributed by atoms with Crippen LogP contribution >= 0.6 is 0 Å². The molecule has 2 nitrogen and oxygen atoms in total. The van der Waals surface area contributed by atoms with Gasteiger partial charge in [-0.1, -0.05) is 30.3 Å². The summed E-state index contributed by atoms with van der Waals surface area (Å²) < 4.78 is 0. The van der Waals surface area contributed by atoms with Gasteiger partial charge < -0.3 is 10.2 Å². The van der Waals surface area contributed by atoms with Gasteiger partial charge in [0.1, 0.15) is 6.54 Å². The Morgan fingerprint density at radius 2 is 1.76 bits per heavy atom. The van der Waals surface area contributed by atoms with Crippen molar-refractivity contribution >= 4 is 0 Å². The number of piperidine rings is 1. The first-order valence-corrected chi connectivity index (χ1v) is 9.09. The van der Waals surface area contributed by atoms with Gasteiger partial charge in [-0.15, -0.1) is 0 Å². The maximum absolute atomic E-state index is 2.79. The fourth-order valence-corrected chi connectivity index (χ4v) is 5.18. The topological polar surface area (TPSA) is 21.1 Å². The van der Waals surface area contributed by atoms with Crippen LogP contribution in [-0.4, -0.2) is 25.2 Å². The number of hydrogen-bond acceptors (Lipinski definition) is 0. The Morgan fingerprint density at radius 1 is 0.952 bits per heavy atom. The van der Waals surface area contributed by atoms with Crippen molar-refractivity contribution in [2.24, 2.45) is 11.8 Å². The molecule has 114 valence electrons. The normalized spacial score (nSPS) is 38.8. The van der Waals surface area contributed by atoms with Gasteiger partial charge in [-0.3, -0.25) is 0 Å². The highest BCUT2D eigenvalue weighted by molar-refractivity contribution is 5.13. The molecule has 1 saturated heterocycles. The summed E-state index contributed by atoms with van der Waals surface area (Å²) in [6.07, 6.45) is 9.01. The van der Waals surface area contributed by atoms with E-state index in [4.69, 9.17) is 0 Å². The SMILES string of the molecule is c1ccc(C[NH+]2CCC([NH2+][C@H]3C[C@H]4CC[C@@H]3C4)CC2)cc1. The molecule has 3 aliphatic rings. The minimum Gasteiger partial charge on any atom is -0.341 e. The predicted molar refractivity (Wildman–Crippen MR) is 85.0 cm³/mol. The fraction of sp³-hybridized carbons (Fsp3) is 0.684. The van der Waals surface area contributed by atoms with Crippen LogP contribution in [0.15, 0.2) is 30.3 Å². The second-order valence-electron chi connectivity index (χ2n) is 7.78. The lowest BCUT2D eigenvalue weighted by molar-refractivity contribution is -0.927. The highest BCUT2D eigenvalue weighted by Gasteiger charge is 2.43. The molecule has 0 spiro atoms. The lowest BCUT2D eigenvalue weighted by Gasteiger charge is -2.31. The first kappa shape index (κ1) is 13.8. The molecule has 1 aliphatic heterocycles. The fourth-order valence-electron chi connectivity index (χ4n) is 5.18. The molecular formula is C19H30N2+2. The summed E-state index contributed by atoms with van der Waals surface area (Å²) in [7, 11) is 0. The third-order valence-corrected chi connectivity index (χ3v) is 6.35. The molecule has 1 aromatic carbocycles. The molecule has 3 fully saturated rings. The van der Waals surface area contributed by atoms with Crippen molar-refractivity contribution in [1.29, 1.82) is 0 Å². The number of nitrogens with two attached hydrogens (primary N) is 1. The van der Waals surface area contributed by atoms with Crippen LogP contribution in [-0.2, 0) is 6.54 Å². The van der Waals surface area contributed by atoms with E-state index in [0.717, 1.165) is 23.9 Å². The zero-order chi connectivity index (χ0) is 14.1. The Hall–Kier alpha value is -0.860. The van der Waals surface area contributed by atoms with E-state index in [9.17, 15) is 0 Å². The van der Waals surface area contributed by atoms with Crippen LogP contribution in [0.25, 0.3) is 0 Å². The molecular weight excluding hydrogens is 256 g/mol. The molecule has 21 heavy (non-hydrogen) atoms. The Labute approximate surface area is 128 Å². The van der Waals surface area contributed by atoms with Crippen LogP contribution in [0.2, 0.25) is 0 Å². The number of hydrogen-bond donors (Lipinski definition) is 2. The average Bonchev–Trinajstić information content (AvgIpc) is 3.13. The average molecular weight is 286 g/mol. The largest absolute Gasteiger partial charge is 0.341 e. The van der Waals surface area contributed by atoms with E-state index in [0.29, 0.717) is 0 Å². The summed E-state index contributed by atoms with van der Waals surface area (Å²) in [5.41, 5.74) is 1.50. The van der Waals surface area contributed by atoms with Crippen molar-refractivity contribution in [1.82, 2.24) is 0 Å². The molecule has 2 saturated carbocycles. The van der Waals surface area contributed by atoms with E-state index in [1.54, 1.807) is 11.3 Å². The van der Waals surface area contributed by atoms with E-state index in [1.807, 2.05) is 0 Å². The van der Waals surface area contributed by atoms with Gasteiger partial charge in [-0.25, -0.2) is 0 Å². The highest BCUT2D eigenvalue weighted by Crippen LogP contribution is 2.43. The Balaban J connectivity index is 1.23. The standard InChI is InChI=1S/C19H28N2/c1-2-4-15(5-3-1)14-21-10-8-18(9-11-21)20-19-13-16-6-7-17(19)12-16/h1-5,16-20H,6-14H2/p+2/t16-,17+,19-/m0/s1. The Morgan fingerprint density at radius 3 is 2.43 bits per heavy atom. The highest BCUT2D eigenvalue weighted by atomic mass is 15.1. The quantitative estimate of drug-likeness (QED) is 0.824. The summed E-state index contributed by atoms with van der Waals surface area (Å²) in [5.74, 6) is 2.17. The number of nitrogens with one attached hydrogen (secondary N) is 1. The molecule has 0 aromatic heterocycles. The molecule has 3 atom stereocenters. The minimum atomic E-state index is 0.925. The molecule has 3 N–H and O–H groups in total. The van der Waals surface area contributed by atoms with Gasteiger partial charge in [-0.2, -0.15) is 0 Å². The van der Waals surface area contributed by atoms with Crippen molar-refractivity contribution in [3.63, 3.8) is 0 Å². The van der Waals surface area contributed by atoms with Crippen molar-refractivity contribution in [2.75, 3.05) is 13.1 Å². The van der Waals surface area contributed by atoms with Crippen LogP contribution in [0.5, 0.6) is 0 Å². The Kier molecular flexibility index (Phi) is 4.00. The van der Waals surface area contributed by atoms with Gasteiger partial charge in [0.25, 0.3) is 0 Å². The number of benzene rings is 1. The zero-order valence-corrected chi connectivity index (χ0v) is 13.1. The molecule has 2 bridgehead atoms. The van der Waals surface area contributed by atoms with E-state index in [-0.39, 0.29) is 0 Å². The first-order valence-electron chi connectivity index (χ1n) is 9.09. The van der Waals surface area contributed by atoms with Crippen molar-refractivity contribution in [3.8, 4) is 0 Å². The number of quaternary nitrogens is 2. The van der Waals surface area contributed by atoms with Crippen molar-refractivity contribution < 1.29 is 10.2 Å². The van der Waals surface area contributed by atoms with Gasteiger partial charge in [0.05, 0.1) is 25.2 Å². The predicted octanol–water partition coefficient (Wildman–Crippen LogP) is 0.986. The molecule has 2 aliphatic carbocycles. The number of rotatable bonds is 4. The maximum Gasteiger partial charge on any atom is 0.103 e. The second-order valence-corrected chi connectivity index (χ2v) is 7.78. The smallest absolute Gasteiger partial charge is 0.103 e. The van der Waals surface area contributed by atoms with Gasteiger partial charge in [0, 0.05) is 30.7 Å². The Bertz CT molecular complexity index is 450. The summed E-state index contributed by atoms with van der Waals surface area (Å²) in [6.45, 7) is 3.97. The molecule has 1 heterocycles. The lowest BCUT2D eigenvalue weighted by Crippen LogP contribution is -3.14. The van der Waals surface area contributed by atoms with Crippen LogP contribution in [0, 0.1) is 11.8 Å². The third kappa shape index (κ3) is 3.17. The van der Waals surface area contributed by atoms with E-state index >= 15 is 0 Å². The van der Waals surface area contributed by atoms with Crippen LogP contribution in [0.3, 0.4) is 0 Å². The molecule has 2 heteroatoms. The molecule has 1 aromatic rings. The summed E-state index contributed by atoms with van der Waals surface area (Å²) >= 11 is 0.